The SMILES string of the molecule is CCc1ccc(Oc2ccnc3ccc(OC4CNC4)cc23)c(C)c1. The summed E-state index contributed by atoms with van der Waals surface area (Å²) in [5.74, 6) is 2.53. The Kier molecular flexibility index (Phi) is 4.28. The summed E-state index contributed by atoms with van der Waals surface area (Å²) in [5, 5.41) is 4.18. The topological polar surface area (TPSA) is 43.4 Å². The van der Waals surface area contributed by atoms with Gasteiger partial charge in [-0.1, -0.05) is 19.1 Å². The Morgan fingerprint density at radius 1 is 1.08 bits per heavy atom. The van der Waals surface area contributed by atoms with Gasteiger partial charge in [-0.05, 0) is 54.8 Å². The van der Waals surface area contributed by atoms with Crippen LogP contribution in [0.1, 0.15) is 18.1 Å². The van der Waals surface area contributed by atoms with E-state index in [1.165, 1.54) is 5.56 Å². The first-order valence-corrected chi connectivity index (χ1v) is 8.76. The number of nitrogens with one attached hydrogen (secondary N) is 1. The summed E-state index contributed by atoms with van der Waals surface area (Å²) in [6.07, 6.45) is 3.06. The van der Waals surface area contributed by atoms with E-state index >= 15 is 0 Å². The van der Waals surface area contributed by atoms with Crippen LogP contribution in [0.25, 0.3) is 10.9 Å². The average molecular weight is 334 g/mol. The standard InChI is InChI=1S/C21H22N2O2/c1-3-15-4-7-20(14(2)10-15)25-21-8-9-23-19-6-5-16(11-18(19)21)24-17-12-22-13-17/h4-11,17,22H,3,12-13H2,1-2H3. The Balaban J connectivity index is 1.67. The van der Waals surface area contributed by atoms with E-state index < -0.39 is 0 Å². The molecule has 0 bridgehead atoms. The predicted octanol–water partition coefficient (Wildman–Crippen LogP) is 4.25. The molecule has 4 heteroatoms. The van der Waals surface area contributed by atoms with E-state index in [0.29, 0.717) is 0 Å². The first-order chi connectivity index (χ1) is 12.2. The summed E-state index contributed by atoms with van der Waals surface area (Å²) in [5.41, 5.74) is 3.35. The van der Waals surface area contributed by atoms with Crippen molar-refractivity contribution >= 4 is 10.9 Å². The van der Waals surface area contributed by atoms with Gasteiger partial charge in [0.05, 0.1) is 5.52 Å². The fourth-order valence-corrected chi connectivity index (χ4v) is 2.96. The lowest BCUT2D eigenvalue weighted by Crippen LogP contribution is -2.50. The normalized spacial score (nSPS) is 14.3. The second-order valence-corrected chi connectivity index (χ2v) is 6.44. The summed E-state index contributed by atoms with van der Waals surface area (Å²) >= 11 is 0. The van der Waals surface area contributed by atoms with Gasteiger partial charge in [-0.25, -0.2) is 0 Å². The van der Waals surface area contributed by atoms with Crippen LogP contribution < -0.4 is 14.8 Å². The van der Waals surface area contributed by atoms with Crippen molar-refractivity contribution in [3.05, 3.63) is 59.8 Å². The molecule has 0 radical (unpaired) electrons. The minimum absolute atomic E-state index is 0.252. The Hall–Kier alpha value is -2.59. The smallest absolute Gasteiger partial charge is 0.138 e. The van der Waals surface area contributed by atoms with Gasteiger partial charge in [-0.3, -0.25) is 4.98 Å². The second kappa shape index (κ2) is 6.73. The van der Waals surface area contributed by atoms with Crippen molar-refractivity contribution in [1.29, 1.82) is 0 Å². The lowest BCUT2D eigenvalue weighted by Gasteiger charge is -2.27. The number of rotatable bonds is 5. The first kappa shape index (κ1) is 15.9. The van der Waals surface area contributed by atoms with Crippen molar-refractivity contribution in [3.8, 4) is 17.2 Å². The molecular formula is C21H22N2O2. The third-order valence-electron chi connectivity index (χ3n) is 4.59. The van der Waals surface area contributed by atoms with Gasteiger partial charge in [-0.15, -0.1) is 0 Å². The van der Waals surface area contributed by atoms with E-state index in [1.807, 2.05) is 30.3 Å². The maximum absolute atomic E-state index is 6.21. The maximum Gasteiger partial charge on any atom is 0.138 e. The highest BCUT2D eigenvalue weighted by Crippen LogP contribution is 2.33. The number of benzene rings is 2. The van der Waals surface area contributed by atoms with Crippen LogP contribution in [-0.4, -0.2) is 24.2 Å². The molecule has 0 spiro atoms. The van der Waals surface area contributed by atoms with Gasteiger partial charge in [0, 0.05) is 24.7 Å². The van der Waals surface area contributed by atoms with Crippen LogP contribution in [0.3, 0.4) is 0 Å². The Labute approximate surface area is 147 Å². The van der Waals surface area contributed by atoms with Gasteiger partial charge >= 0.3 is 0 Å². The zero-order valence-electron chi connectivity index (χ0n) is 14.6. The van der Waals surface area contributed by atoms with Gasteiger partial charge in [0.1, 0.15) is 23.4 Å². The van der Waals surface area contributed by atoms with Crippen molar-refractivity contribution < 1.29 is 9.47 Å². The molecule has 3 aromatic rings. The Morgan fingerprint density at radius 3 is 2.68 bits per heavy atom. The maximum atomic E-state index is 6.21. The van der Waals surface area contributed by atoms with Crippen molar-refractivity contribution in [1.82, 2.24) is 10.3 Å². The van der Waals surface area contributed by atoms with Crippen molar-refractivity contribution in [2.45, 2.75) is 26.4 Å². The largest absolute Gasteiger partial charge is 0.488 e. The molecule has 0 amide bonds. The number of aryl methyl sites for hydroxylation is 2. The summed E-state index contributed by atoms with van der Waals surface area (Å²) in [6, 6.07) is 14.2. The fraction of sp³-hybridized carbons (Fsp3) is 0.286. The molecule has 2 aromatic carbocycles. The molecule has 1 N–H and O–H groups in total. The third kappa shape index (κ3) is 3.30. The summed E-state index contributed by atoms with van der Waals surface area (Å²) < 4.78 is 12.2. The molecule has 2 heterocycles. The van der Waals surface area contributed by atoms with Gasteiger partial charge in [0.25, 0.3) is 0 Å². The molecule has 1 fully saturated rings. The lowest BCUT2D eigenvalue weighted by atomic mass is 10.1. The third-order valence-corrected chi connectivity index (χ3v) is 4.59. The molecule has 1 aliphatic rings. The van der Waals surface area contributed by atoms with E-state index in [9.17, 15) is 0 Å². The number of hydrogen-bond acceptors (Lipinski definition) is 4. The molecule has 0 atom stereocenters. The summed E-state index contributed by atoms with van der Waals surface area (Å²) in [6.45, 7) is 6.04. The zero-order chi connectivity index (χ0) is 17.2. The number of pyridine rings is 1. The first-order valence-electron chi connectivity index (χ1n) is 8.76. The predicted molar refractivity (Wildman–Crippen MR) is 99.7 cm³/mol. The number of hydrogen-bond donors (Lipinski definition) is 1. The molecule has 0 saturated carbocycles. The van der Waals surface area contributed by atoms with Crippen LogP contribution in [0.15, 0.2) is 48.7 Å². The highest BCUT2D eigenvalue weighted by Gasteiger charge is 2.18. The highest BCUT2D eigenvalue weighted by molar-refractivity contribution is 5.86. The van der Waals surface area contributed by atoms with E-state index in [2.05, 4.69) is 36.3 Å². The second-order valence-electron chi connectivity index (χ2n) is 6.44. The van der Waals surface area contributed by atoms with Gasteiger partial charge in [0.15, 0.2) is 0 Å². The van der Waals surface area contributed by atoms with Crippen molar-refractivity contribution in [3.63, 3.8) is 0 Å². The molecule has 128 valence electrons. The summed E-state index contributed by atoms with van der Waals surface area (Å²) in [7, 11) is 0. The van der Waals surface area contributed by atoms with Crippen LogP contribution in [-0.2, 0) is 6.42 Å². The Bertz CT molecular complexity index is 904. The Morgan fingerprint density at radius 2 is 1.96 bits per heavy atom. The van der Waals surface area contributed by atoms with E-state index in [4.69, 9.17) is 9.47 Å². The van der Waals surface area contributed by atoms with Gasteiger partial charge in [-0.2, -0.15) is 0 Å². The highest BCUT2D eigenvalue weighted by atomic mass is 16.5. The lowest BCUT2D eigenvalue weighted by molar-refractivity contribution is 0.142. The number of nitrogens with zero attached hydrogens (tertiary/aromatic N) is 1. The molecule has 0 aliphatic carbocycles. The molecule has 1 saturated heterocycles. The molecule has 1 aliphatic heterocycles. The quantitative estimate of drug-likeness (QED) is 0.757. The van der Waals surface area contributed by atoms with Crippen LogP contribution in [0.2, 0.25) is 0 Å². The van der Waals surface area contributed by atoms with Gasteiger partial charge < -0.3 is 14.8 Å². The summed E-state index contributed by atoms with van der Waals surface area (Å²) in [4.78, 5) is 4.44. The number of fused-ring (bicyclic) bond motifs is 1. The monoisotopic (exact) mass is 334 g/mol. The van der Waals surface area contributed by atoms with Crippen LogP contribution >= 0.6 is 0 Å². The average Bonchev–Trinajstić information content (AvgIpc) is 2.60. The fourth-order valence-electron chi connectivity index (χ4n) is 2.96. The van der Waals surface area contributed by atoms with Crippen LogP contribution in [0.4, 0.5) is 0 Å². The van der Waals surface area contributed by atoms with E-state index in [0.717, 1.165) is 53.2 Å². The number of aromatic nitrogens is 1. The number of ether oxygens (including phenoxy) is 2. The van der Waals surface area contributed by atoms with Crippen molar-refractivity contribution in [2.24, 2.45) is 0 Å². The van der Waals surface area contributed by atoms with Crippen molar-refractivity contribution in [2.75, 3.05) is 13.1 Å². The van der Waals surface area contributed by atoms with E-state index in [1.54, 1.807) is 6.20 Å². The van der Waals surface area contributed by atoms with Crippen LogP contribution in [0.5, 0.6) is 17.2 Å². The molecule has 25 heavy (non-hydrogen) atoms. The minimum atomic E-state index is 0.252. The van der Waals surface area contributed by atoms with Crippen LogP contribution in [0, 0.1) is 6.92 Å². The molecule has 4 rings (SSSR count). The van der Waals surface area contributed by atoms with Gasteiger partial charge in [0.2, 0.25) is 0 Å². The molecule has 1 aromatic heterocycles. The minimum Gasteiger partial charge on any atom is -0.488 e. The molecular weight excluding hydrogens is 312 g/mol. The zero-order valence-corrected chi connectivity index (χ0v) is 14.6. The molecule has 4 nitrogen and oxygen atoms in total. The van der Waals surface area contributed by atoms with E-state index in [-0.39, 0.29) is 6.10 Å². The molecule has 0 unspecified atom stereocenters.